The lowest BCUT2D eigenvalue weighted by molar-refractivity contribution is 0.102. The Morgan fingerprint density at radius 2 is 1.86 bits per heavy atom. The molecule has 2 N–H and O–H groups in total. The highest BCUT2D eigenvalue weighted by Gasteiger charge is 2.15. The van der Waals surface area contributed by atoms with Crippen LogP contribution in [0, 0.1) is 6.92 Å². The van der Waals surface area contributed by atoms with Gasteiger partial charge in [-0.1, -0.05) is 0 Å². The molecule has 1 aromatic heterocycles. The van der Waals surface area contributed by atoms with Gasteiger partial charge in [-0.2, -0.15) is 0 Å². The second-order valence-electron chi connectivity index (χ2n) is 7.38. The fourth-order valence-corrected chi connectivity index (χ4v) is 3.89. The number of fused-ring (bicyclic) bond motifs is 1. The van der Waals surface area contributed by atoms with Crippen molar-refractivity contribution < 1.29 is 4.79 Å². The molecular formula is C22H24N4O3. The Morgan fingerprint density at radius 3 is 2.55 bits per heavy atom. The maximum Gasteiger partial charge on any atom is 0.316 e. The normalized spacial score (nSPS) is 13.8. The first-order valence-corrected chi connectivity index (χ1v) is 9.92. The van der Waals surface area contributed by atoms with E-state index in [2.05, 4.69) is 21.3 Å². The lowest BCUT2D eigenvalue weighted by Crippen LogP contribution is -2.36. The Bertz CT molecular complexity index is 1200. The minimum absolute atomic E-state index is 0.265. The summed E-state index contributed by atoms with van der Waals surface area (Å²) in [4.78, 5) is 41.5. The summed E-state index contributed by atoms with van der Waals surface area (Å²) in [6.07, 6.45) is 2.43. The zero-order valence-corrected chi connectivity index (χ0v) is 16.6. The van der Waals surface area contributed by atoms with E-state index < -0.39 is 11.1 Å². The van der Waals surface area contributed by atoms with Crippen LogP contribution < -0.4 is 21.3 Å². The van der Waals surface area contributed by atoms with Crippen LogP contribution in [0.4, 0.5) is 11.4 Å². The smallest absolute Gasteiger partial charge is 0.316 e. The summed E-state index contributed by atoms with van der Waals surface area (Å²) in [5.41, 5.74) is 3.12. The third-order valence-electron chi connectivity index (χ3n) is 5.48. The van der Waals surface area contributed by atoms with Crippen molar-refractivity contribution in [2.45, 2.75) is 33.2 Å². The fourth-order valence-electron chi connectivity index (χ4n) is 3.89. The van der Waals surface area contributed by atoms with E-state index in [4.69, 9.17) is 0 Å². The third kappa shape index (κ3) is 3.55. The number of carbonyl (C=O) groups is 1. The molecule has 1 aliphatic rings. The summed E-state index contributed by atoms with van der Waals surface area (Å²) in [6.45, 7) is 6.31. The highest BCUT2D eigenvalue weighted by molar-refractivity contribution is 6.06. The highest BCUT2D eigenvalue weighted by Crippen LogP contribution is 2.26. The Labute approximate surface area is 168 Å². The van der Waals surface area contributed by atoms with Gasteiger partial charge in [0.25, 0.3) is 5.91 Å². The summed E-state index contributed by atoms with van der Waals surface area (Å²) in [7, 11) is 0. The standard InChI is InChI=1S/C22H24N4O3/c1-3-26-19-9-6-15(13-18(19)24-21(28)22(26)29)20(27)23-17-8-7-16(12-14(17)2)25-10-4-5-11-25/h6-9,12-13H,3-5,10-11H2,1-2H3,(H,23,27)(H,24,28). The Kier molecular flexibility index (Phi) is 4.96. The molecule has 4 rings (SSSR count). The average Bonchev–Trinajstić information content (AvgIpc) is 3.25. The minimum atomic E-state index is -0.690. The van der Waals surface area contributed by atoms with Crippen LogP contribution in [0.2, 0.25) is 0 Å². The molecule has 0 unspecified atom stereocenters. The van der Waals surface area contributed by atoms with Crippen LogP contribution in [0.25, 0.3) is 11.0 Å². The van der Waals surface area contributed by atoms with Crippen molar-refractivity contribution in [3.8, 4) is 0 Å². The van der Waals surface area contributed by atoms with Gasteiger partial charge in [0.2, 0.25) is 0 Å². The third-order valence-corrected chi connectivity index (χ3v) is 5.48. The first kappa shape index (κ1) is 19.0. The van der Waals surface area contributed by atoms with E-state index in [1.165, 1.54) is 23.1 Å². The Morgan fingerprint density at radius 1 is 1.10 bits per heavy atom. The number of nitrogens with zero attached hydrogens (tertiary/aromatic N) is 2. The number of nitrogens with one attached hydrogen (secondary N) is 2. The Hall–Kier alpha value is -3.35. The van der Waals surface area contributed by atoms with Gasteiger partial charge in [0.15, 0.2) is 0 Å². The van der Waals surface area contributed by atoms with Crippen LogP contribution in [0.5, 0.6) is 0 Å². The van der Waals surface area contributed by atoms with Gasteiger partial charge in [-0.25, -0.2) is 0 Å². The molecule has 0 radical (unpaired) electrons. The molecular weight excluding hydrogens is 368 g/mol. The maximum atomic E-state index is 12.8. The second-order valence-corrected chi connectivity index (χ2v) is 7.38. The van der Waals surface area contributed by atoms with E-state index in [0.717, 1.165) is 24.3 Å². The summed E-state index contributed by atoms with van der Waals surface area (Å²) in [5.74, 6) is -0.265. The number of benzene rings is 2. The molecule has 0 atom stereocenters. The molecule has 29 heavy (non-hydrogen) atoms. The monoisotopic (exact) mass is 392 g/mol. The number of rotatable bonds is 4. The Balaban J connectivity index is 1.61. The van der Waals surface area contributed by atoms with Gasteiger partial charge in [-0.15, -0.1) is 0 Å². The number of aromatic amines is 1. The topological polar surface area (TPSA) is 87.2 Å². The number of anilines is 2. The van der Waals surface area contributed by atoms with Crippen LogP contribution in [-0.2, 0) is 6.54 Å². The number of amides is 1. The summed E-state index contributed by atoms with van der Waals surface area (Å²) in [5, 5.41) is 2.95. The SMILES string of the molecule is CCn1c(=O)c(=O)[nH]c2cc(C(=O)Nc3ccc(N4CCCC4)cc3C)ccc21. The number of aromatic nitrogens is 2. The van der Waals surface area contributed by atoms with Crippen LogP contribution in [0.1, 0.15) is 35.7 Å². The summed E-state index contributed by atoms with van der Waals surface area (Å²) < 4.78 is 1.40. The molecule has 0 spiro atoms. The lowest BCUT2D eigenvalue weighted by Gasteiger charge is -2.19. The van der Waals surface area contributed by atoms with Crippen molar-refractivity contribution >= 4 is 28.3 Å². The van der Waals surface area contributed by atoms with Gasteiger partial charge in [-0.05, 0) is 68.7 Å². The number of hydrogen-bond acceptors (Lipinski definition) is 4. The molecule has 1 amide bonds. The van der Waals surface area contributed by atoms with E-state index >= 15 is 0 Å². The van der Waals surface area contributed by atoms with Gasteiger partial charge in [0.05, 0.1) is 11.0 Å². The lowest BCUT2D eigenvalue weighted by atomic mass is 10.1. The van der Waals surface area contributed by atoms with Crippen LogP contribution in [-0.4, -0.2) is 28.5 Å². The van der Waals surface area contributed by atoms with Crippen molar-refractivity contribution in [3.63, 3.8) is 0 Å². The number of H-pyrrole nitrogens is 1. The largest absolute Gasteiger partial charge is 0.372 e. The molecule has 0 saturated carbocycles. The maximum absolute atomic E-state index is 12.8. The fraction of sp³-hybridized carbons (Fsp3) is 0.318. The average molecular weight is 392 g/mol. The molecule has 0 aliphatic carbocycles. The van der Waals surface area contributed by atoms with Gasteiger partial charge >= 0.3 is 11.1 Å². The molecule has 1 aliphatic heterocycles. The zero-order chi connectivity index (χ0) is 20.5. The first-order chi connectivity index (χ1) is 14.0. The second kappa shape index (κ2) is 7.58. The van der Waals surface area contributed by atoms with E-state index in [-0.39, 0.29) is 5.91 Å². The first-order valence-electron chi connectivity index (χ1n) is 9.92. The van der Waals surface area contributed by atoms with Gasteiger partial charge < -0.3 is 19.8 Å². The molecule has 1 fully saturated rings. The quantitative estimate of drug-likeness (QED) is 0.669. The highest BCUT2D eigenvalue weighted by atomic mass is 16.2. The van der Waals surface area contributed by atoms with Crippen molar-refractivity contribution in [1.82, 2.24) is 9.55 Å². The minimum Gasteiger partial charge on any atom is -0.372 e. The van der Waals surface area contributed by atoms with Crippen molar-refractivity contribution in [2.24, 2.45) is 0 Å². The molecule has 3 aromatic rings. The summed E-state index contributed by atoms with van der Waals surface area (Å²) >= 11 is 0. The molecule has 0 bridgehead atoms. The molecule has 7 nitrogen and oxygen atoms in total. The van der Waals surface area contributed by atoms with Gasteiger partial charge in [0.1, 0.15) is 0 Å². The van der Waals surface area contributed by atoms with E-state index in [1.807, 2.05) is 19.1 Å². The molecule has 1 saturated heterocycles. The van der Waals surface area contributed by atoms with Crippen LogP contribution in [0.15, 0.2) is 46.0 Å². The zero-order valence-electron chi connectivity index (χ0n) is 16.6. The van der Waals surface area contributed by atoms with E-state index in [0.29, 0.717) is 23.1 Å². The predicted octanol–water partition coefficient (Wildman–Crippen LogP) is 2.87. The number of carbonyl (C=O) groups excluding carboxylic acids is 1. The van der Waals surface area contributed by atoms with Crippen molar-refractivity contribution in [3.05, 3.63) is 68.2 Å². The van der Waals surface area contributed by atoms with Gasteiger partial charge in [0, 0.05) is 36.6 Å². The number of hydrogen-bond donors (Lipinski definition) is 2. The van der Waals surface area contributed by atoms with Crippen LogP contribution in [0.3, 0.4) is 0 Å². The summed E-state index contributed by atoms with van der Waals surface area (Å²) in [6, 6.07) is 11.0. The van der Waals surface area contributed by atoms with Crippen molar-refractivity contribution in [2.75, 3.05) is 23.3 Å². The van der Waals surface area contributed by atoms with E-state index in [1.54, 1.807) is 25.1 Å². The van der Waals surface area contributed by atoms with E-state index in [9.17, 15) is 14.4 Å². The van der Waals surface area contributed by atoms with Crippen LogP contribution >= 0.6 is 0 Å². The van der Waals surface area contributed by atoms with Gasteiger partial charge in [-0.3, -0.25) is 14.4 Å². The molecule has 150 valence electrons. The molecule has 2 aromatic carbocycles. The van der Waals surface area contributed by atoms with Crippen molar-refractivity contribution in [1.29, 1.82) is 0 Å². The molecule has 2 heterocycles. The predicted molar refractivity (Wildman–Crippen MR) is 115 cm³/mol. The molecule has 7 heteroatoms. The number of aryl methyl sites for hydroxylation is 2.